The van der Waals surface area contributed by atoms with Crippen molar-refractivity contribution in [2.24, 2.45) is 0 Å². The molecule has 0 unspecified atom stereocenters. The van der Waals surface area contributed by atoms with E-state index in [0.29, 0.717) is 19.4 Å². The lowest BCUT2D eigenvalue weighted by Crippen LogP contribution is -2.08. The lowest BCUT2D eigenvalue weighted by molar-refractivity contribution is -0.144. The Hall–Kier alpha value is -2.88. The van der Waals surface area contributed by atoms with E-state index >= 15 is 0 Å². The number of hydrogen-bond donors (Lipinski definition) is 1. The van der Waals surface area contributed by atoms with Gasteiger partial charge in [0.2, 0.25) is 0 Å². The zero-order valence-electron chi connectivity index (χ0n) is 15.2. The van der Waals surface area contributed by atoms with Gasteiger partial charge in [-0.3, -0.25) is 4.79 Å². The molecule has 3 rings (SSSR count). The van der Waals surface area contributed by atoms with Crippen LogP contribution in [-0.4, -0.2) is 15.9 Å². The summed E-state index contributed by atoms with van der Waals surface area (Å²) in [5.74, 6) is 0.0477. The molecule has 0 fully saturated rings. The van der Waals surface area contributed by atoms with E-state index in [1.807, 2.05) is 48.7 Å². The van der Waals surface area contributed by atoms with Crippen LogP contribution >= 0.6 is 0 Å². The monoisotopic (exact) mass is 348 g/mol. The fraction of sp³-hybridized carbons (Fsp3) is 0.273. The van der Waals surface area contributed by atoms with Gasteiger partial charge in [0.25, 0.3) is 0 Å². The van der Waals surface area contributed by atoms with Gasteiger partial charge in [0.1, 0.15) is 6.61 Å². The zero-order valence-corrected chi connectivity index (χ0v) is 15.2. The van der Waals surface area contributed by atoms with Gasteiger partial charge in [-0.1, -0.05) is 55.5 Å². The van der Waals surface area contributed by atoms with Gasteiger partial charge in [-0.25, -0.2) is 4.98 Å². The van der Waals surface area contributed by atoms with Gasteiger partial charge in [-0.2, -0.15) is 0 Å². The first kappa shape index (κ1) is 17.9. The van der Waals surface area contributed by atoms with Crippen molar-refractivity contribution in [3.8, 4) is 0 Å². The first-order valence-corrected chi connectivity index (χ1v) is 8.91. The highest BCUT2D eigenvalue weighted by atomic mass is 16.5. The molecular formula is C22H24N2O2. The summed E-state index contributed by atoms with van der Waals surface area (Å²) in [5.41, 5.74) is 5.64. The number of aryl methyl sites for hydroxylation is 1. The van der Waals surface area contributed by atoms with Crippen LogP contribution in [0.4, 0.5) is 0 Å². The predicted octanol–water partition coefficient (Wildman–Crippen LogP) is 4.55. The number of carbonyl (C=O) groups excluding carboxylic acids is 1. The van der Waals surface area contributed by atoms with E-state index in [2.05, 4.69) is 29.9 Å². The molecule has 134 valence electrons. The third kappa shape index (κ3) is 4.39. The molecule has 1 aromatic heterocycles. The third-order valence-electron chi connectivity index (χ3n) is 4.79. The van der Waals surface area contributed by atoms with Crippen molar-refractivity contribution in [2.45, 2.75) is 39.2 Å². The van der Waals surface area contributed by atoms with Crippen LogP contribution in [0.5, 0.6) is 0 Å². The number of imidazole rings is 1. The second kappa shape index (κ2) is 8.48. The van der Waals surface area contributed by atoms with Crippen LogP contribution < -0.4 is 0 Å². The van der Waals surface area contributed by atoms with Crippen LogP contribution in [0.3, 0.4) is 0 Å². The Morgan fingerprint density at radius 3 is 2.69 bits per heavy atom. The van der Waals surface area contributed by atoms with Crippen molar-refractivity contribution in [3.05, 3.63) is 89.0 Å². The summed E-state index contributed by atoms with van der Waals surface area (Å²) >= 11 is 0. The quantitative estimate of drug-likeness (QED) is 0.638. The van der Waals surface area contributed by atoms with E-state index < -0.39 is 0 Å². The maximum absolute atomic E-state index is 12.1. The molecule has 4 nitrogen and oxygen atoms in total. The SMILES string of the molecule is Cc1c(COC(=O)CCc2ccccc2)cccc1[C@H](C)c1cnc[nH]1. The van der Waals surface area contributed by atoms with Gasteiger partial charge in [0, 0.05) is 24.2 Å². The van der Waals surface area contributed by atoms with E-state index in [-0.39, 0.29) is 11.9 Å². The molecule has 2 aromatic carbocycles. The van der Waals surface area contributed by atoms with Gasteiger partial charge in [-0.15, -0.1) is 0 Å². The van der Waals surface area contributed by atoms with Crippen LogP contribution in [0.1, 0.15) is 47.2 Å². The molecule has 0 saturated heterocycles. The van der Waals surface area contributed by atoms with E-state index in [9.17, 15) is 4.79 Å². The average Bonchev–Trinajstić information content (AvgIpc) is 3.20. The van der Waals surface area contributed by atoms with Crippen molar-refractivity contribution in [2.75, 3.05) is 0 Å². The van der Waals surface area contributed by atoms with Crippen molar-refractivity contribution in [3.63, 3.8) is 0 Å². The molecule has 1 atom stereocenters. The molecule has 0 amide bonds. The van der Waals surface area contributed by atoms with Gasteiger partial charge >= 0.3 is 5.97 Å². The average molecular weight is 348 g/mol. The minimum Gasteiger partial charge on any atom is -0.461 e. The Bertz CT molecular complexity index is 842. The van der Waals surface area contributed by atoms with Crippen LogP contribution in [0.15, 0.2) is 61.1 Å². The Balaban J connectivity index is 1.59. The predicted molar refractivity (Wildman–Crippen MR) is 102 cm³/mol. The summed E-state index contributed by atoms with van der Waals surface area (Å²) in [4.78, 5) is 19.3. The lowest BCUT2D eigenvalue weighted by atomic mass is 9.91. The number of hydrogen-bond acceptors (Lipinski definition) is 3. The standard InChI is InChI=1S/C22H24N2O2/c1-16-19(9-6-10-20(16)17(2)21-13-23-15-24-21)14-26-22(25)12-11-18-7-4-3-5-8-18/h3-10,13,15,17H,11-12,14H2,1-2H3,(H,23,24)/t17-/m0/s1. The van der Waals surface area contributed by atoms with E-state index in [1.54, 1.807) is 6.33 Å². The van der Waals surface area contributed by atoms with Gasteiger partial charge < -0.3 is 9.72 Å². The fourth-order valence-corrected chi connectivity index (χ4v) is 3.12. The van der Waals surface area contributed by atoms with E-state index in [0.717, 1.165) is 22.4 Å². The Morgan fingerprint density at radius 2 is 1.96 bits per heavy atom. The summed E-state index contributed by atoms with van der Waals surface area (Å²) in [6, 6.07) is 16.1. The summed E-state index contributed by atoms with van der Waals surface area (Å²) < 4.78 is 5.50. The number of rotatable bonds is 7. The molecule has 0 aliphatic heterocycles. The molecule has 26 heavy (non-hydrogen) atoms. The number of aromatic nitrogens is 2. The highest BCUT2D eigenvalue weighted by molar-refractivity contribution is 5.69. The first-order chi connectivity index (χ1) is 12.6. The number of nitrogens with one attached hydrogen (secondary N) is 1. The second-order valence-electron chi connectivity index (χ2n) is 6.51. The Kier molecular flexibility index (Phi) is 5.84. The van der Waals surface area contributed by atoms with Crippen molar-refractivity contribution in [1.82, 2.24) is 9.97 Å². The summed E-state index contributed by atoms with van der Waals surface area (Å²) in [5, 5.41) is 0. The Morgan fingerprint density at radius 1 is 1.15 bits per heavy atom. The minimum absolute atomic E-state index is 0.166. The molecule has 0 aliphatic rings. The van der Waals surface area contributed by atoms with Gasteiger partial charge in [-0.05, 0) is 35.6 Å². The summed E-state index contributed by atoms with van der Waals surface area (Å²) in [7, 11) is 0. The normalized spacial score (nSPS) is 11.9. The number of nitrogens with zero attached hydrogens (tertiary/aromatic N) is 1. The first-order valence-electron chi connectivity index (χ1n) is 8.91. The van der Waals surface area contributed by atoms with Crippen LogP contribution in [0.25, 0.3) is 0 Å². The van der Waals surface area contributed by atoms with Crippen LogP contribution in [0.2, 0.25) is 0 Å². The maximum Gasteiger partial charge on any atom is 0.306 e. The minimum atomic E-state index is -0.166. The largest absolute Gasteiger partial charge is 0.461 e. The number of benzene rings is 2. The molecule has 3 aromatic rings. The summed E-state index contributed by atoms with van der Waals surface area (Å²) in [6.45, 7) is 4.53. The van der Waals surface area contributed by atoms with Crippen molar-refractivity contribution < 1.29 is 9.53 Å². The number of H-pyrrole nitrogens is 1. The number of esters is 1. The molecule has 0 saturated carbocycles. The molecule has 1 heterocycles. The number of ether oxygens (including phenoxy) is 1. The van der Waals surface area contributed by atoms with Crippen LogP contribution in [0, 0.1) is 6.92 Å². The molecule has 1 N–H and O–H groups in total. The maximum atomic E-state index is 12.1. The molecular weight excluding hydrogens is 324 g/mol. The van der Waals surface area contributed by atoms with Crippen molar-refractivity contribution >= 4 is 5.97 Å². The van der Waals surface area contributed by atoms with E-state index in [1.165, 1.54) is 5.56 Å². The van der Waals surface area contributed by atoms with Crippen LogP contribution in [-0.2, 0) is 22.6 Å². The molecule has 0 aliphatic carbocycles. The topological polar surface area (TPSA) is 55.0 Å². The molecule has 0 bridgehead atoms. The smallest absolute Gasteiger partial charge is 0.306 e. The number of carbonyl (C=O) groups is 1. The second-order valence-corrected chi connectivity index (χ2v) is 6.51. The van der Waals surface area contributed by atoms with E-state index in [4.69, 9.17) is 4.74 Å². The highest BCUT2D eigenvalue weighted by Crippen LogP contribution is 2.27. The zero-order chi connectivity index (χ0) is 18.4. The highest BCUT2D eigenvalue weighted by Gasteiger charge is 2.15. The Labute approximate surface area is 154 Å². The summed E-state index contributed by atoms with van der Waals surface area (Å²) in [6.07, 6.45) is 4.64. The molecule has 0 spiro atoms. The lowest BCUT2D eigenvalue weighted by Gasteiger charge is -2.16. The van der Waals surface area contributed by atoms with Gasteiger partial charge in [0.05, 0.1) is 6.33 Å². The molecule has 0 radical (unpaired) electrons. The van der Waals surface area contributed by atoms with Crippen molar-refractivity contribution in [1.29, 1.82) is 0 Å². The third-order valence-corrected chi connectivity index (χ3v) is 4.79. The molecule has 4 heteroatoms. The fourth-order valence-electron chi connectivity index (χ4n) is 3.12. The number of aromatic amines is 1. The van der Waals surface area contributed by atoms with Gasteiger partial charge in [0.15, 0.2) is 0 Å².